The first kappa shape index (κ1) is 27.8. The highest BCUT2D eigenvalue weighted by molar-refractivity contribution is 6.01. The summed E-state index contributed by atoms with van der Waals surface area (Å²) < 4.78 is 6.81. The standard InChI is InChI=1S/C29H36N6O4/c1-29(2,3)24-16-23(33(4)32-24)28(38)35-13-12-34(27(37)21-10-7-11-22(15-21)39-5)26(35)25(36)31-18-20-9-6-8-19(14-20)17-30/h6-11,14-16,26H,12-13,17-18,30H2,1-5H3,(H,31,36). The summed E-state index contributed by atoms with van der Waals surface area (Å²) in [4.78, 5) is 43.9. The molecule has 0 bridgehead atoms. The van der Waals surface area contributed by atoms with Crippen molar-refractivity contribution in [3.8, 4) is 5.75 Å². The smallest absolute Gasteiger partial charge is 0.274 e. The Bertz CT molecular complexity index is 1380. The highest BCUT2D eigenvalue weighted by Gasteiger charge is 2.44. The molecule has 1 saturated heterocycles. The van der Waals surface area contributed by atoms with Crippen LogP contribution in [-0.2, 0) is 30.3 Å². The molecule has 0 radical (unpaired) electrons. The Morgan fingerprint density at radius 1 is 1.00 bits per heavy atom. The molecule has 10 nitrogen and oxygen atoms in total. The number of aromatic nitrogens is 2. The normalized spacial score (nSPS) is 15.4. The summed E-state index contributed by atoms with van der Waals surface area (Å²) in [5.74, 6) is -0.659. The quantitative estimate of drug-likeness (QED) is 0.482. The molecule has 1 unspecified atom stereocenters. The number of nitrogens with two attached hydrogens (primary N) is 1. The lowest BCUT2D eigenvalue weighted by molar-refractivity contribution is -0.128. The van der Waals surface area contributed by atoms with Gasteiger partial charge in [0.1, 0.15) is 11.4 Å². The number of carbonyl (C=O) groups is 3. The van der Waals surface area contributed by atoms with Crippen molar-refractivity contribution in [3.05, 3.63) is 82.7 Å². The minimum Gasteiger partial charge on any atom is -0.497 e. The van der Waals surface area contributed by atoms with Crippen molar-refractivity contribution in [1.82, 2.24) is 24.9 Å². The fourth-order valence-electron chi connectivity index (χ4n) is 4.59. The number of nitrogens with zero attached hydrogens (tertiary/aromatic N) is 4. The molecule has 3 amide bonds. The average molecular weight is 533 g/mol. The van der Waals surface area contributed by atoms with E-state index in [1.165, 1.54) is 21.6 Å². The average Bonchev–Trinajstić information content (AvgIpc) is 3.55. The van der Waals surface area contributed by atoms with Gasteiger partial charge < -0.3 is 25.6 Å². The van der Waals surface area contributed by atoms with E-state index >= 15 is 0 Å². The third-order valence-electron chi connectivity index (χ3n) is 6.81. The van der Waals surface area contributed by atoms with Crippen LogP contribution in [0.15, 0.2) is 54.6 Å². The molecule has 10 heteroatoms. The molecule has 1 aliphatic heterocycles. The molecular formula is C29H36N6O4. The third-order valence-corrected chi connectivity index (χ3v) is 6.81. The van der Waals surface area contributed by atoms with Crippen LogP contribution in [0.4, 0.5) is 0 Å². The second kappa shape index (κ2) is 11.3. The van der Waals surface area contributed by atoms with Gasteiger partial charge in [0.15, 0.2) is 6.17 Å². The summed E-state index contributed by atoms with van der Waals surface area (Å²) in [7, 11) is 3.23. The maximum absolute atomic E-state index is 13.8. The van der Waals surface area contributed by atoms with Gasteiger partial charge in [-0.3, -0.25) is 19.1 Å². The summed E-state index contributed by atoms with van der Waals surface area (Å²) in [6.07, 6.45) is -1.14. The number of hydrogen-bond donors (Lipinski definition) is 2. The number of nitrogens with one attached hydrogen (secondary N) is 1. The van der Waals surface area contributed by atoms with Gasteiger partial charge in [-0.1, -0.05) is 51.1 Å². The van der Waals surface area contributed by atoms with E-state index in [4.69, 9.17) is 10.5 Å². The topological polar surface area (TPSA) is 123 Å². The van der Waals surface area contributed by atoms with Crippen molar-refractivity contribution in [2.75, 3.05) is 20.2 Å². The predicted octanol–water partition coefficient (Wildman–Crippen LogP) is 2.43. The Kier molecular flexibility index (Phi) is 8.06. The summed E-state index contributed by atoms with van der Waals surface area (Å²) in [5.41, 5.74) is 8.79. The summed E-state index contributed by atoms with van der Waals surface area (Å²) in [6, 6.07) is 16.1. The molecule has 2 aromatic carbocycles. The number of amides is 3. The molecular weight excluding hydrogens is 496 g/mol. The molecule has 1 aliphatic rings. The van der Waals surface area contributed by atoms with Crippen LogP contribution in [-0.4, -0.2) is 63.7 Å². The molecule has 0 saturated carbocycles. The van der Waals surface area contributed by atoms with E-state index in [9.17, 15) is 14.4 Å². The van der Waals surface area contributed by atoms with Crippen LogP contribution < -0.4 is 15.8 Å². The number of benzene rings is 2. The number of rotatable bonds is 7. The highest BCUT2D eigenvalue weighted by Crippen LogP contribution is 2.26. The van der Waals surface area contributed by atoms with E-state index in [0.29, 0.717) is 23.6 Å². The maximum atomic E-state index is 13.8. The lowest BCUT2D eigenvalue weighted by Gasteiger charge is -2.29. The monoisotopic (exact) mass is 532 g/mol. The van der Waals surface area contributed by atoms with Gasteiger partial charge in [0, 0.05) is 44.2 Å². The van der Waals surface area contributed by atoms with Gasteiger partial charge in [0.2, 0.25) is 0 Å². The van der Waals surface area contributed by atoms with Gasteiger partial charge in [0.05, 0.1) is 12.8 Å². The van der Waals surface area contributed by atoms with Gasteiger partial charge in [-0.25, -0.2) is 0 Å². The number of hydrogen-bond acceptors (Lipinski definition) is 6. The summed E-state index contributed by atoms with van der Waals surface area (Å²) in [5, 5.41) is 7.44. The summed E-state index contributed by atoms with van der Waals surface area (Å²) in [6.45, 7) is 7.07. The van der Waals surface area contributed by atoms with Crippen molar-refractivity contribution in [2.45, 2.75) is 45.4 Å². The fourth-order valence-corrected chi connectivity index (χ4v) is 4.59. The van der Waals surface area contributed by atoms with Crippen LogP contribution in [0.2, 0.25) is 0 Å². The minimum absolute atomic E-state index is 0.200. The first-order chi connectivity index (χ1) is 18.5. The number of methoxy groups -OCH3 is 1. The van der Waals surface area contributed by atoms with Gasteiger partial charge in [0.25, 0.3) is 17.7 Å². The minimum atomic E-state index is -1.14. The van der Waals surface area contributed by atoms with Crippen LogP contribution in [0.1, 0.15) is 58.4 Å². The van der Waals surface area contributed by atoms with Crippen LogP contribution in [0.25, 0.3) is 0 Å². The fraction of sp³-hybridized carbons (Fsp3) is 0.379. The van der Waals surface area contributed by atoms with E-state index in [1.54, 1.807) is 37.4 Å². The maximum Gasteiger partial charge on any atom is 0.274 e. The molecule has 1 aromatic heterocycles. The van der Waals surface area contributed by atoms with Crippen LogP contribution >= 0.6 is 0 Å². The van der Waals surface area contributed by atoms with Crippen molar-refractivity contribution in [1.29, 1.82) is 0 Å². The van der Waals surface area contributed by atoms with E-state index < -0.39 is 12.1 Å². The first-order valence-corrected chi connectivity index (χ1v) is 12.9. The van der Waals surface area contributed by atoms with Crippen molar-refractivity contribution in [3.63, 3.8) is 0 Å². The number of ether oxygens (including phenoxy) is 1. The molecule has 1 atom stereocenters. The van der Waals surface area contributed by atoms with E-state index in [0.717, 1.165) is 16.8 Å². The Hall–Kier alpha value is -4.18. The van der Waals surface area contributed by atoms with Crippen LogP contribution in [0, 0.1) is 0 Å². The lowest BCUT2D eigenvalue weighted by atomic mass is 9.92. The second-order valence-electron chi connectivity index (χ2n) is 10.6. The zero-order valence-corrected chi connectivity index (χ0v) is 23.1. The largest absolute Gasteiger partial charge is 0.497 e. The Morgan fingerprint density at radius 2 is 1.67 bits per heavy atom. The van der Waals surface area contributed by atoms with E-state index in [2.05, 4.69) is 10.4 Å². The summed E-state index contributed by atoms with van der Waals surface area (Å²) >= 11 is 0. The molecule has 0 aliphatic carbocycles. The predicted molar refractivity (Wildman–Crippen MR) is 147 cm³/mol. The van der Waals surface area contributed by atoms with Gasteiger partial charge in [-0.05, 0) is 35.4 Å². The molecule has 2 heterocycles. The molecule has 1 fully saturated rings. The van der Waals surface area contributed by atoms with E-state index in [-0.39, 0.29) is 36.9 Å². The lowest BCUT2D eigenvalue weighted by Crippen LogP contribution is -2.53. The van der Waals surface area contributed by atoms with E-state index in [1.807, 2.05) is 45.0 Å². The molecule has 3 N–H and O–H groups in total. The van der Waals surface area contributed by atoms with Crippen LogP contribution in [0.5, 0.6) is 5.75 Å². The zero-order valence-electron chi connectivity index (χ0n) is 23.1. The Morgan fingerprint density at radius 3 is 2.31 bits per heavy atom. The van der Waals surface area contributed by atoms with Gasteiger partial charge >= 0.3 is 0 Å². The first-order valence-electron chi connectivity index (χ1n) is 12.9. The van der Waals surface area contributed by atoms with Crippen molar-refractivity contribution < 1.29 is 19.1 Å². The van der Waals surface area contributed by atoms with Gasteiger partial charge in [-0.15, -0.1) is 0 Å². The molecule has 206 valence electrons. The number of carbonyl (C=O) groups excluding carboxylic acids is 3. The second-order valence-corrected chi connectivity index (χ2v) is 10.6. The van der Waals surface area contributed by atoms with Crippen LogP contribution in [0.3, 0.4) is 0 Å². The third kappa shape index (κ3) is 5.96. The Labute approximate surface area is 228 Å². The Balaban J connectivity index is 1.65. The molecule has 4 rings (SSSR count). The number of aryl methyl sites for hydroxylation is 1. The molecule has 3 aromatic rings. The van der Waals surface area contributed by atoms with Crippen molar-refractivity contribution >= 4 is 17.7 Å². The molecule has 39 heavy (non-hydrogen) atoms. The highest BCUT2D eigenvalue weighted by atomic mass is 16.5. The molecule has 0 spiro atoms. The SMILES string of the molecule is COc1cccc(C(=O)N2CCN(C(=O)c3cc(C(C)(C)C)nn3C)C2C(=O)NCc2cccc(CN)c2)c1. The van der Waals surface area contributed by atoms with Crippen molar-refractivity contribution in [2.24, 2.45) is 12.8 Å². The zero-order chi connectivity index (χ0) is 28.3. The van der Waals surface area contributed by atoms with Gasteiger partial charge in [-0.2, -0.15) is 5.10 Å².